The molecular weight excluding hydrogens is 292 g/mol. The first-order chi connectivity index (χ1) is 10.1. The second kappa shape index (κ2) is 6.99. The van der Waals surface area contributed by atoms with Gasteiger partial charge in [-0.2, -0.15) is 0 Å². The number of carbonyl (C=O) groups excluding carboxylic acids is 2. The SMILES string of the molecule is CC(C)(C)OC(=O)OC(=O)[C@@H](N)Cc1ccc([N+](=O)[O-])cc1. The van der Waals surface area contributed by atoms with Gasteiger partial charge in [0.2, 0.25) is 0 Å². The molecule has 0 aliphatic rings. The summed E-state index contributed by atoms with van der Waals surface area (Å²) in [7, 11) is 0. The van der Waals surface area contributed by atoms with E-state index >= 15 is 0 Å². The van der Waals surface area contributed by atoms with E-state index in [9.17, 15) is 19.7 Å². The number of benzene rings is 1. The van der Waals surface area contributed by atoms with Crippen molar-refractivity contribution in [3.63, 3.8) is 0 Å². The molecule has 1 rings (SSSR count). The Kier molecular flexibility index (Phi) is 5.58. The minimum Gasteiger partial charge on any atom is -0.428 e. The molecule has 2 N–H and O–H groups in total. The predicted molar refractivity (Wildman–Crippen MR) is 77.1 cm³/mol. The first kappa shape index (κ1) is 17.6. The largest absolute Gasteiger partial charge is 0.516 e. The summed E-state index contributed by atoms with van der Waals surface area (Å²) in [4.78, 5) is 33.0. The average Bonchev–Trinajstić information content (AvgIpc) is 2.36. The molecule has 0 unspecified atom stereocenters. The summed E-state index contributed by atoms with van der Waals surface area (Å²) in [6.07, 6.45) is -1.03. The van der Waals surface area contributed by atoms with Crippen molar-refractivity contribution in [1.29, 1.82) is 0 Å². The normalized spacial score (nSPS) is 12.4. The van der Waals surface area contributed by atoms with Crippen LogP contribution in [0.4, 0.5) is 10.5 Å². The number of rotatable bonds is 4. The van der Waals surface area contributed by atoms with Gasteiger partial charge in [0.15, 0.2) is 0 Å². The fourth-order valence-electron chi connectivity index (χ4n) is 1.52. The van der Waals surface area contributed by atoms with Crippen LogP contribution in [0, 0.1) is 10.1 Å². The molecular formula is C14H18N2O6. The molecule has 0 aromatic heterocycles. The van der Waals surface area contributed by atoms with Crippen molar-refractivity contribution in [1.82, 2.24) is 0 Å². The number of nitrogens with two attached hydrogens (primary N) is 1. The number of nitrogens with zero attached hydrogens (tertiary/aromatic N) is 1. The number of hydrogen-bond acceptors (Lipinski definition) is 7. The van der Waals surface area contributed by atoms with Gasteiger partial charge in [0, 0.05) is 12.1 Å². The summed E-state index contributed by atoms with van der Waals surface area (Å²) in [6.45, 7) is 4.90. The monoisotopic (exact) mass is 310 g/mol. The van der Waals surface area contributed by atoms with Crippen LogP contribution in [0.3, 0.4) is 0 Å². The van der Waals surface area contributed by atoms with Gasteiger partial charge in [-0.1, -0.05) is 12.1 Å². The number of nitro groups is 1. The smallest absolute Gasteiger partial charge is 0.428 e. The number of hydrogen-bond donors (Lipinski definition) is 1. The van der Waals surface area contributed by atoms with Crippen LogP contribution in [0.5, 0.6) is 0 Å². The van der Waals surface area contributed by atoms with E-state index in [1.165, 1.54) is 24.3 Å². The molecule has 8 nitrogen and oxygen atoms in total. The maximum absolute atomic E-state index is 11.7. The van der Waals surface area contributed by atoms with E-state index in [4.69, 9.17) is 10.5 Å². The van der Waals surface area contributed by atoms with Gasteiger partial charge in [0.25, 0.3) is 5.69 Å². The van der Waals surface area contributed by atoms with Gasteiger partial charge in [-0.3, -0.25) is 10.1 Å². The van der Waals surface area contributed by atoms with Crippen molar-refractivity contribution < 1.29 is 24.0 Å². The van der Waals surface area contributed by atoms with Crippen molar-refractivity contribution in [3.8, 4) is 0 Å². The van der Waals surface area contributed by atoms with Crippen LogP contribution in [-0.4, -0.2) is 28.7 Å². The zero-order chi connectivity index (χ0) is 16.9. The molecule has 0 bridgehead atoms. The fourth-order valence-corrected chi connectivity index (χ4v) is 1.52. The van der Waals surface area contributed by atoms with Crippen LogP contribution in [-0.2, 0) is 20.7 Å². The molecule has 0 heterocycles. The Balaban J connectivity index is 2.57. The molecule has 0 saturated carbocycles. The highest BCUT2D eigenvalue weighted by Crippen LogP contribution is 2.13. The Morgan fingerprint density at radius 3 is 2.27 bits per heavy atom. The zero-order valence-electron chi connectivity index (χ0n) is 12.6. The van der Waals surface area contributed by atoms with Crippen LogP contribution in [0.25, 0.3) is 0 Å². The van der Waals surface area contributed by atoms with Crippen LogP contribution in [0.15, 0.2) is 24.3 Å². The van der Waals surface area contributed by atoms with Crippen molar-refractivity contribution in [2.24, 2.45) is 5.73 Å². The first-order valence-electron chi connectivity index (χ1n) is 6.52. The molecule has 1 aromatic carbocycles. The number of ether oxygens (including phenoxy) is 2. The van der Waals surface area contributed by atoms with Crippen molar-refractivity contribution in [3.05, 3.63) is 39.9 Å². The molecule has 0 spiro atoms. The predicted octanol–water partition coefficient (Wildman–Crippen LogP) is 1.94. The number of non-ortho nitro benzene ring substituents is 1. The summed E-state index contributed by atoms with van der Waals surface area (Å²) in [6, 6.07) is 4.51. The van der Waals surface area contributed by atoms with Crippen LogP contribution in [0.1, 0.15) is 26.3 Å². The minimum absolute atomic E-state index is 0.0614. The van der Waals surface area contributed by atoms with Gasteiger partial charge >= 0.3 is 12.1 Å². The molecule has 0 saturated heterocycles. The Labute approximate surface area is 127 Å². The second-order valence-corrected chi connectivity index (χ2v) is 5.62. The van der Waals surface area contributed by atoms with E-state index < -0.39 is 28.7 Å². The third-order valence-electron chi connectivity index (χ3n) is 2.48. The lowest BCUT2D eigenvalue weighted by Crippen LogP contribution is -2.37. The van der Waals surface area contributed by atoms with Gasteiger partial charge in [0.1, 0.15) is 11.6 Å². The molecule has 0 radical (unpaired) electrons. The summed E-state index contributed by atoms with van der Waals surface area (Å²) in [5.41, 5.74) is 5.41. The maximum atomic E-state index is 11.7. The minimum atomic E-state index is -1.11. The number of esters is 1. The third-order valence-corrected chi connectivity index (χ3v) is 2.48. The van der Waals surface area contributed by atoms with Crippen molar-refractivity contribution in [2.45, 2.75) is 38.8 Å². The highest BCUT2D eigenvalue weighted by molar-refractivity contribution is 5.85. The zero-order valence-corrected chi connectivity index (χ0v) is 12.6. The lowest BCUT2D eigenvalue weighted by atomic mass is 10.1. The molecule has 0 aliphatic carbocycles. The highest BCUT2D eigenvalue weighted by atomic mass is 16.7. The standard InChI is InChI=1S/C14H18N2O6/c1-14(2,3)22-13(18)21-12(17)11(15)8-9-4-6-10(7-5-9)16(19)20/h4-7,11H,8,15H2,1-3H3/t11-/m0/s1. The quantitative estimate of drug-likeness (QED) is 0.390. The van der Waals surface area contributed by atoms with Gasteiger partial charge < -0.3 is 15.2 Å². The van der Waals surface area contributed by atoms with E-state index in [2.05, 4.69) is 4.74 Å². The lowest BCUT2D eigenvalue weighted by molar-refractivity contribution is -0.384. The molecule has 0 fully saturated rings. The third kappa shape index (κ3) is 5.88. The Morgan fingerprint density at radius 2 is 1.82 bits per heavy atom. The van der Waals surface area contributed by atoms with E-state index in [0.717, 1.165) is 0 Å². The molecule has 1 atom stereocenters. The van der Waals surface area contributed by atoms with E-state index in [-0.39, 0.29) is 12.1 Å². The molecule has 0 aliphatic heterocycles. The van der Waals surface area contributed by atoms with Crippen LogP contribution >= 0.6 is 0 Å². The van der Waals surface area contributed by atoms with Crippen molar-refractivity contribution in [2.75, 3.05) is 0 Å². The maximum Gasteiger partial charge on any atom is 0.516 e. The Bertz CT molecular complexity index is 562. The lowest BCUT2D eigenvalue weighted by Gasteiger charge is -2.19. The van der Waals surface area contributed by atoms with E-state index in [1.807, 2.05) is 0 Å². The fraction of sp³-hybridized carbons (Fsp3) is 0.429. The molecule has 0 amide bonds. The Hall–Kier alpha value is -2.48. The molecule has 22 heavy (non-hydrogen) atoms. The summed E-state index contributed by atoms with van der Waals surface area (Å²) in [5, 5.41) is 10.5. The molecule has 1 aromatic rings. The first-order valence-corrected chi connectivity index (χ1v) is 6.52. The van der Waals surface area contributed by atoms with Gasteiger partial charge in [-0.15, -0.1) is 0 Å². The van der Waals surface area contributed by atoms with E-state index in [1.54, 1.807) is 20.8 Å². The van der Waals surface area contributed by atoms with E-state index in [0.29, 0.717) is 5.56 Å². The average molecular weight is 310 g/mol. The Morgan fingerprint density at radius 1 is 1.27 bits per heavy atom. The van der Waals surface area contributed by atoms with Gasteiger partial charge in [-0.05, 0) is 32.8 Å². The summed E-state index contributed by atoms with van der Waals surface area (Å²) < 4.78 is 9.33. The highest BCUT2D eigenvalue weighted by Gasteiger charge is 2.24. The van der Waals surface area contributed by atoms with Gasteiger partial charge in [-0.25, -0.2) is 9.59 Å². The number of carbonyl (C=O) groups is 2. The summed E-state index contributed by atoms with van der Waals surface area (Å²) in [5.74, 6) is -0.924. The second-order valence-electron chi connectivity index (χ2n) is 5.62. The molecule has 120 valence electrons. The van der Waals surface area contributed by atoms with Crippen molar-refractivity contribution >= 4 is 17.8 Å². The van der Waals surface area contributed by atoms with Crippen LogP contribution in [0.2, 0.25) is 0 Å². The summed E-state index contributed by atoms with van der Waals surface area (Å²) >= 11 is 0. The van der Waals surface area contributed by atoms with Gasteiger partial charge in [0.05, 0.1) is 4.92 Å². The van der Waals surface area contributed by atoms with Crippen LogP contribution < -0.4 is 5.73 Å². The number of nitro benzene ring substituents is 1. The topological polar surface area (TPSA) is 122 Å². The molecule has 8 heteroatoms.